The number of fused-ring (bicyclic) bond motifs is 1. The van der Waals surface area contributed by atoms with Crippen LogP contribution in [-0.4, -0.2) is 26.5 Å². The maximum absolute atomic E-state index is 12.5. The Morgan fingerprint density at radius 3 is 2.65 bits per heavy atom. The normalized spacial score (nSPS) is 12.3. The second-order valence-corrected chi connectivity index (χ2v) is 6.00. The van der Waals surface area contributed by atoms with E-state index in [9.17, 15) is 14.7 Å². The molecule has 0 radical (unpaired) electrons. The Kier molecular flexibility index (Phi) is 4.79. The number of amides is 1. The summed E-state index contributed by atoms with van der Waals surface area (Å²) in [5.74, 6) is -0.552. The van der Waals surface area contributed by atoms with E-state index >= 15 is 0 Å². The van der Waals surface area contributed by atoms with Crippen molar-refractivity contribution in [2.45, 2.75) is 39.8 Å². The van der Waals surface area contributed by atoms with E-state index in [0.29, 0.717) is 6.42 Å². The van der Waals surface area contributed by atoms with Gasteiger partial charge in [-0.15, -0.1) is 0 Å². The molecule has 3 rings (SSSR count). The fourth-order valence-corrected chi connectivity index (χ4v) is 3.07. The predicted molar refractivity (Wildman–Crippen MR) is 96.3 cm³/mol. The van der Waals surface area contributed by atoms with Crippen molar-refractivity contribution in [2.24, 2.45) is 0 Å². The Hall–Kier alpha value is -3.09. The third-order valence-electron chi connectivity index (χ3n) is 4.32. The largest absolute Gasteiger partial charge is 0.478 e. The minimum Gasteiger partial charge on any atom is -0.478 e. The smallest absolute Gasteiger partial charge is 0.339 e. The molecule has 0 aliphatic carbocycles. The molecule has 0 spiro atoms. The van der Waals surface area contributed by atoms with Gasteiger partial charge in [0.05, 0.1) is 17.1 Å². The van der Waals surface area contributed by atoms with Crippen molar-refractivity contribution in [1.82, 2.24) is 14.9 Å². The van der Waals surface area contributed by atoms with E-state index in [-0.39, 0.29) is 23.1 Å². The summed E-state index contributed by atoms with van der Waals surface area (Å²) >= 11 is 0. The van der Waals surface area contributed by atoms with Crippen LogP contribution < -0.4 is 5.32 Å². The molecule has 0 saturated heterocycles. The first-order valence-corrected chi connectivity index (χ1v) is 8.58. The van der Waals surface area contributed by atoms with Crippen LogP contribution >= 0.6 is 0 Å². The number of nitrogens with zero attached hydrogens (tertiary/aromatic N) is 2. The van der Waals surface area contributed by atoms with E-state index in [4.69, 9.17) is 4.42 Å². The number of carbonyl (C=O) groups excluding carboxylic acids is 1. The molecule has 7 nitrogen and oxygen atoms in total. The number of carboxylic acid groups (broad SMARTS) is 1. The Bertz CT molecular complexity index is 970. The molecule has 1 unspecified atom stereocenters. The van der Waals surface area contributed by atoms with Crippen molar-refractivity contribution in [3.63, 3.8) is 0 Å². The summed E-state index contributed by atoms with van der Waals surface area (Å²) in [6.45, 7) is 6.36. The van der Waals surface area contributed by atoms with Crippen molar-refractivity contribution in [2.75, 3.05) is 0 Å². The summed E-state index contributed by atoms with van der Waals surface area (Å²) in [5, 5.41) is 12.0. The van der Waals surface area contributed by atoms with Gasteiger partial charge < -0.3 is 19.4 Å². The first-order valence-electron chi connectivity index (χ1n) is 8.58. The highest BCUT2D eigenvalue weighted by atomic mass is 16.4. The topological polar surface area (TPSA) is 97.4 Å². The number of aromatic carboxylic acids is 1. The van der Waals surface area contributed by atoms with Crippen LogP contribution in [0.3, 0.4) is 0 Å². The summed E-state index contributed by atoms with van der Waals surface area (Å²) in [6.07, 6.45) is 0.399. The highest BCUT2D eigenvalue weighted by molar-refractivity contribution is 5.96. The number of carboxylic acids is 1. The molecule has 1 amide bonds. The quantitative estimate of drug-likeness (QED) is 0.706. The standard InChI is InChI=1S/C19H21N3O4/c1-4-15-12(19(24)25)10-16(26-15)18(23)20-11(3)17-21-13-8-6-7-9-14(13)22(17)5-2/h6-11H,4-5H2,1-3H3,(H,20,23)(H,24,25). The van der Waals surface area contributed by atoms with Crippen LogP contribution in [-0.2, 0) is 13.0 Å². The van der Waals surface area contributed by atoms with Crippen LogP contribution in [0.4, 0.5) is 0 Å². The molecule has 3 aromatic rings. The van der Waals surface area contributed by atoms with Crippen molar-refractivity contribution >= 4 is 22.9 Å². The van der Waals surface area contributed by atoms with Crippen LogP contribution in [0.15, 0.2) is 34.7 Å². The third-order valence-corrected chi connectivity index (χ3v) is 4.32. The maximum atomic E-state index is 12.5. The van der Waals surface area contributed by atoms with Crippen LogP contribution in [0.5, 0.6) is 0 Å². The lowest BCUT2D eigenvalue weighted by molar-refractivity contribution is 0.0694. The van der Waals surface area contributed by atoms with Gasteiger partial charge in [0.1, 0.15) is 17.1 Å². The van der Waals surface area contributed by atoms with Gasteiger partial charge in [-0.1, -0.05) is 19.1 Å². The zero-order chi connectivity index (χ0) is 18.8. The van der Waals surface area contributed by atoms with Gasteiger partial charge in [0.25, 0.3) is 5.91 Å². The lowest BCUT2D eigenvalue weighted by Gasteiger charge is -2.14. The van der Waals surface area contributed by atoms with Crippen LogP contribution in [0, 0.1) is 0 Å². The molecule has 136 valence electrons. The number of para-hydroxylation sites is 2. The van der Waals surface area contributed by atoms with E-state index in [2.05, 4.69) is 10.3 Å². The Morgan fingerprint density at radius 2 is 2.04 bits per heavy atom. The van der Waals surface area contributed by atoms with E-state index in [1.807, 2.05) is 42.7 Å². The Labute approximate surface area is 150 Å². The summed E-state index contributed by atoms with van der Waals surface area (Å²) in [7, 11) is 0. The van der Waals surface area contributed by atoms with Gasteiger partial charge in [-0.2, -0.15) is 0 Å². The molecule has 26 heavy (non-hydrogen) atoms. The number of nitrogens with one attached hydrogen (secondary N) is 1. The van der Waals surface area contributed by atoms with Gasteiger partial charge in [0, 0.05) is 19.0 Å². The highest BCUT2D eigenvalue weighted by Crippen LogP contribution is 2.22. The molecule has 0 fully saturated rings. The maximum Gasteiger partial charge on any atom is 0.339 e. The minimum atomic E-state index is -1.11. The number of benzene rings is 1. The molecule has 0 saturated carbocycles. The van der Waals surface area contributed by atoms with Crippen LogP contribution in [0.1, 0.15) is 59.3 Å². The molecule has 0 bridgehead atoms. The zero-order valence-corrected chi connectivity index (χ0v) is 14.9. The molecule has 2 N–H and O–H groups in total. The van der Waals surface area contributed by atoms with E-state index < -0.39 is 11.9 Å². The number of hydrogen-bond acceptors (Lipinski definition) is 4. The van der Waals surface area contributed by atoms with Gasteiger partial charge in [0.15, 0.2) is 5.76 Å². The average Bonchev–Trinajstić information content (AvgIpc) is 3.23. The highest BCUT2D eigenvalue weighted by Gasteiger charge is 2.23. The van der Waals surface area contributed by atoms with Crippen molar-refractivity contribution in [3.05, 3.63) is 53.2 Å². The van der Waals surface area contributed by atoms with Gasteiger partial charge in [-0.05, 0) is 26.0 Å². The molecule has 0 aliphatic heterocycles. The Balaban J connectivity index is 1.87. The molecule has 0 aliphatic rings. The molecule has 1 aromatic carbocycles. The van der Waals surface area contributed by atoms with Gasteiger partial charge in [-0.25, -0.2) is 9.78 Å². The van der Waals surface area contributed by atoms with E-state index in [1.165, 1.54) is 6.07 Å². The summed E-state index contributed by atoms with van der Waals surface area (Å²) in [6, 6.07) is 8.70. The molecule has 2 heterocycles. The third kappa shape index (κ3) is 3.08. The van der Waals surface area contributed by atoms with Crippen molar-refractivity contribution in [3.8, 4) is 0 Å². The van der Waals surface area contributed by atoms with E-state index in [1.54, 1.807) is 6.92 Å². The second kappa shape index (κ2) is 7.03. The molecular weight excluding hydrogens is 334 g/mol. The van der Waals surface area contributed by atoms with Crippen LogP contribution in [0.25, 0.3) is 11.0 Å². The van der Waals surface area contributed by atoms with Gasteiger partial charge in [0.2, 0.25) is 0 Å². The molecule has 7 heteroatoms. The number of aromatic nitrogens is 2. The summed E-state index contributed by atoms with van der Waals surface area (Å²) in [4.78, 5) is 28.4. The second-order valence-electron chi connectivity index (χ2n) is 6.00. The number of rotatable bonds is 6. The fourth-order valence-electron chi connectivity index (χ4n) is 3.07. The lowest BCUT2D eigenvalue weighted by Crippen LogP contribution is -2.28. The van der Waals surface area contributed by atoms with E-state index in [0.717, 1.165) is 23.4 Å². The monoisotopic (exact) mass is 355 g/mol. The average molecular weight is 355 g/mol. The van der Waals surface area contributed by atoms with Crippen molar-refractivity contribution in [1.29, 1.82) is 0 Å². The summed E-state index contributed by atoms with van der Waals surface area (Å²) in [5.41, 5.74) is 1.89. The van der Waals surface area contributed by atoms with Crippen LogP contribution in [0.2, 0.25) is 0 Å². The number of carbonyl (C=O) groups is 2. The summed E-state index contributed by atoms with van der Waals surface area (Å²) < 4.78 is 7.46. The van der Waals surface area contributed by atoms with Crippen molar-refractivity contribution < 1.29 is 19.1 Å². The molecule has 1 atom stereocenters. The van der Waals surface area contributed by atoms with Gasteiger partial charge >= 0.3 is 5.97 Å². The predicted octanol–water partition coefficient (Wildman–Crippen LogP) is 3.40. The fraction of sp³-hybridized carbons (Fsp3) is 0.316. The molecular formula is C19H21N3O4. The molecule has 2 aromatic heterocycles. The first kappa shape index (κ1) is 17.7. The number of aryl methyl sites for hydroxylation is 2. The number of imidazole rings is 1. The minimum absolute atomic E-state index is 0.00902. The first-order chi connectivity index (χ1) is 12.5. The zero-order valence-electron chi connectivity index (χ0n) is 14.9. The lowest BCUT2D eigenvalue weighted by atomic mass is 10.2. The number of hydrogen-bond donors (Lipinski definition) is 2. The SMILES string of the molecule is CCc1oc(C(=O)NC(C)c2nc3ccccc3n2CC)cc1C(=O)O. The Morgan fingerprint density at radius 1 is 1.31 bits per heavy atom. The number of furan rings is 1. The van der Waals surface area contributed by atoms with Gasteiger partial charge in [-0.3, -0.25) is 4.79 Å².